The lowest BCUT2D eigenvalue weighted by Crippen LogP contribution is -2.08. The van der Waals surface area contributed by atoms with Crippen LogP contribution in [0.2, 0.25) is 0 Å². The van der Waals surface area contributed by atoms with Gasteiger partial charge in [0.2, 0.25) is 0 Å². The van der Waals surface area contributed by atoms with Crippen LogP contribution < -0.4 is 0 Å². The summed E-state index contributed by atoms with van der Waals surface area (Å²) >= 11 is 0. The highest BCUT2D eigenvalue weighted by molar-refractivity contribution is 5.85. The van der Waals surface area contributed by atoms with E-state index < -0.39 is 6.10 Å². The average molecular weight is 265 g/mol. The third-order valence-corrected chi connectivity index (χ3v) is 3.91. The van der Waals surface area contributed by atoms with Crippen molar-refractivity contribution < 1.29 is 5.11 Å². The standard InChI is InChI=1S/C16H15N3O/c20-16(15-9-18-10-19(15)12-5-6-12)14-8-17-7-11-3-1-2-4-13(11)14/h1-4,7-10,12,16,20H,5-6H2. The van der Waals surface area contributed by atoms with E-state index in [0.717, 1.165) is 22.0 Å². The van der Waals surface area contributed by atoms with Gasteiger partial charge in [-0.2, -0.15) is 0 Å². The maximum absolute atomic E-state index is 10.7. The average Bonchev–Trinajstić information content (AvgIpc) is 3.23. The number of rotatable bonds is 3. The second-order valence-corrected chi connectivity index (χ2v) is 5.31. The Kier molecular flexibility index (Phi) is 2.57. The summed E-state index contributed by atoms with van der Waals surface area (Å²) in [5, 5.41) is 12.8. The van der Waals surface area contributed by atoms with E-state index in [1.165, 1.54) is 12.8 Å². The molecule has 20 heavy (non-hydrogen) atoms. The van der Waals surface area contributed by atoms with Crippen LogP contribution in [-0.2, 0) is 0 Å². The molecule has 0 radical (unpaired) electrons. The number of fused-ring (bicyclic) bond motifs is 1. The van der Waals surface area contributed by atoms with Gasteiger partial charge in [0.05, 0.1) is 18.2 Å². The molecule has 0 aliphatic heterocycles. The second-order valence-electron chi connectivity index (χ2n) is 5.31. The van der Waals surface area contributed by atoms with Gasteiger partial charge in [-0.3, -0.25) is 4.98 Å². The van der Waals surface area contributed by atoms with Crippen LogP contribution in [0.15, 0.2) is 49.2 Å². The van der Waals surface area contributed by atoms with Crippen LogP contribution in [0.3, 0.4) is 0 Å². The molecule has 100 valence electrons. The minimum atomic E-state index is -0.684. The highest BCUT2D eigenvalue weighted by Gasteiger charge is 2.28. The van der Waals surface area contributed by atoms with Gasteiger partial charge in [-0.15, -0.1) is 0 Å². The topological polar surface area (TPSA) is 50.9 Å². The first-order valence-corrected chi connectivity index (χ1v) is 6.87. The molecule has 1 atom stereocenters. The van der Waals surface area contributed by atoms with Crippen LogP contribution in [0.25, 0.3) is 10.8 Å². The summed E-state index contributed by atoms with van der Waals surface area (Å²) in [4.78, 5) is 8.44. The number of pyridine rings is 1. The van der Waals surface area contributed by atoms with Gasteiger partial charge >= 0.3 is 0 Å². The minimum absolute atomic E-state index is 0.505. The molecule has 1 aliphatic rings. The van der Waals surface area contributed by atoms with Crippen molar-refractivity contribution in [2.75, 3.05) is 0 Å². The number of nitrogens with zero attached hydrogens (tertiary/aromatic N) is 3. The molecule has 2 heterocycles. The fourth-order valence-electron chi connectivity index (χ4n) is 2.70. The Bertz CT molecular complexity index is 756. The van der Waals surface area contributed by atoms with Gasteiger partial charge in [-0.25, -0.2) is 4.98 Å². The van der Waals surface area contributed by atoms with Crippen LogP contribution in [0.5, 0.6) is 0 Å². The van der Waals surface area contributed by atoms with Crippen LogP contribution in [0.4, 0.5) is 0 Å². The first-order valence-electron chi connectivity index (χ1n) is 6.87. The van der Waals surface area contributed by atoms with Crippen molar-refractivity contribution in [3.05, 3.63) is 60.4 Å². The zero-order valence-electron chi connectivity index (χ0n) is 11.0. The molecule has 1 unspecified atom stereocenters. The van der Waals surface area contributed by atoms with E-state index in [4.69, 9.17) is 0 Å². The Balaban J connectivity index is 1.84. The first kappa shape index (κ1) is 11.6. The molecule has 0 saturated heterocycles. The van der Waals surface area contributed by atoms with Crippen molar-refractivity contribution in [1.29, 1.82) is 0 Å². The van der Waals surface area contributed by atoms with E-state index in [2.05, 4.69) is 14.5 Å². The summed E-state index contributed by atoms with van der Waals surface area (Å²) in [6, 6.07) is 8.50. The predicted molar refractivity (Wildman–Crippen MR) is 76.3 cm³/mol. The van der Waals surface area contributed by atoms with Gasteiger partial charge in [0, 0.05) is 29.4 Å². The van der Waals surface area contributed by atoms with Crippen molar-refractivity contribution in [2.45, 2.75) is 25.0 Å². The molecule has 4 heteroatoms. The Morgan fingerprint density at radius 2 is 1.95 bits per heavy atom. The lowest BCUT2D eigenvalue weighted by Gasteiger charge is -2.15. The van der Waals surface area contributed by atoms with Crippen LogP contribution in [-0.4, -0.2) is 19.6 Å². The van der Waals surface area contributed by atoms with Gasteiger partial charge in [-0.05, 0) is 18.2 Å². The van der Waals surface area contributed by atoms with Gasteiger partial charge < -0.3 is 9.67 Å². The van der Waals surface area contributed by atoms with E-state index >= 15 is 0 Å². The lowest BCUT2D eigenvalue weighted by molar-refractivity contribution is 0.211. The summed E-state index contributed by atoms with van der Waals surface area (Å²) in [5.41, 5.74) is 1.69. The molecule has 1 fully saturated rings. The highest BCUT2D eigenvalue weighted by atomic mass is 16.3. The summed E-state index contributed by atoms with van der Waals surface area (Å²) in [7, 11) is 0. The molecule has 1 saturated carbocycles. The fourth-order valence-corrected chi connectivity index (χ4v) is 2.70. The third-order valence-electron chi connectivity index (χ3n) is 3.91. The predicted octanol–water partition coefficient (Wildman–Crippen LogP) is 2.85. The van der Waals surface area contributed by atoms with E-state index in [1.54, 1.807) is 12.4 Å². The molecule has 4 nitrogen and oxygen atoms in total. The Morgan fingerprint density at radius 3 is 2.80 bits per heavy atom. The van der Waals surface area contributed by atoms with E-state index in [9.17, 15) is 5.11 Å². The number of aliphatic hydroxyl groups excluding tert-OH is 1. The fraction of sp³-hybridized carbons (Fsp3) is 0.250. The normalized spacial score (nSPS) is 16.4. The number of imidazole rings is 1. The minimum Gasteiger partial charge on any atom is -0.382 e. The third kappa shape index (κ3) is 1.80. The molecule has 4 rings (SSSR count). The van der Waals surface area contributed by atoms with Gasteiger partial charge in [0.25, 0.3) is 0 Å². The smallest absolute Gasteiger partial charge is 0.123 e. The molecule has 1 N–H and O–H groups in total. The van der Waals surface area contributed by atoms with E-state index in [0.29, 0.717) is 6.04 Å². The summed E-state index contributed by atoms with van der Waals surface area (Å²) in [5.74, 6) is 0. The maximum atomic E-state index is 10.7. The van der Waals surface area contributed by atoms with Gasteiger partial charge in [-0.1, -0.05) is 24.3 Å². The number of hydrogen-bond acceptors (Lipinski definition) is 3. The SMILES string of the molecule is OC(c1cncc2ccccc12)c1cncn1C1CC1. The zero-order chi connectivity index (χ0) is 13.5. The quantitative estimate of drug-likeness (QED) is 0.792. The largest absolute Gasteiger partial charge is 0.382 e. The van der Waals surface area contributed by atoms with Gasteiger partial charge in [0.15, 0.2) is 0 Å². The lowest BCUT2D eigenvalue weighted by atomic mass is 10.0. The highest BCUT2D eigenvalue weighted by Crippen LogP contribution is 2.38. The number of hydrogen-bond donors (Lipinski definition) is 1. The maximum Gasteiger partial charge on any atom is 0.123 e. The molecule has 1 aromatic carbocycles. The van der Waals surface area contributed by atoms with Crippen LogP contribution in [0.1, 0.15) is 36.2 Å². The molecule has 3 aromatic rings. The summed E-state index contributed by atoms with van der Waals surface area (Å²) in [6.45, 7) is 0. The summed E-state index contributed by atoms with van der Waals surface area (Å²) in [6.07, 6.45) is 8.80. The van der Waals surface area contributed by atoms with Crippen molar-refractivity contribution in [1.82, 2.24) is 14.5 Å². The van der Waals surface area contributed by atoms with Crippen LogP contribution >= 0.6 is 0 Å². The number of aliphatic hydroxyl groups is 1. The van der Waals surface area contributed by atoms with E-state index in [-0.39, 0.29) is 0 Å². The first-order chi connectivity index (χ1) is 9.84. The van der Waals surface area contributed by atoms with Gasteiger partial charge in [0.1, 0.15) is 6.10 Å². The molecule has 2 aromatic heterocycles. The molecule has 1 aliphatic carbocycles. The molecular weight excluding hydrogens is 250 g/mol. The Labute approximate surface area is 116 Å². The van der Waals surface area contributed by atoms with Crippen molar-refractivity contribution in [3.63, 3.8) is 0 Å². The van der Waals surface area contributed by atoms with Crippen molar-refractivity contribution >= 4 is 10.8 Å². The Morgan fingerprint density at radius 1 is 1.10 bits per heavy atom. The second kappa shape index (κ2) is 4.42. The van der Waals surface area contributed by atoms with E-state index in [1.807, 2.05) is 36.8 Å². The molecule has 0 amide bonds. The van der Waals surface area contributed by atoms with Crippen molar-refractivity contribution in [3.8, 4) is 0 Å². The number of aromatic nitrogens is 3. The van der Waals surface area contributed by atoms with Crippen LogP contribution in [0, 0.1) is 0 Å². The Hall–Kier alpha value is -2.20. The summed E-state index contributed by atoms with van der Waals surface area (Å²) < 4.78 is 2.09. The zero-order valence-corrected chi connectivity index (χ0v) is 11.0. The van der Waals surface area contributed by atoms with Crippen molar-refractivity contribution in [2.24, 2.45) is 0 Å². The molecular formula is C16H15N3O. The number of benzene rings is 1. The molecule has 0 bridgehead atoms. The monoisotopic (exact) mass is 265 g/mol. The molecule has 0 spiro atoms.